The zero-order chi connectivity index (χ0) is 3.58. The molecule has 0 N–H and O–H groups in total. The van der Waals surface area contributed by atoms with Crippen molar-refractivity contribution in [2.45, 2.75) is 13.8 Å². The second-order valence-electron chi connectivity index (χ2n) is 0.908. The fraction of sp³-hybridized carbons (Fsp3) is 0.667. The summed E-state index contributed by atoms with van der Waals surface area (Å²) in [5.74, 6) is 0.167. The van der Waals surface area contributed by atoms with Crippen LogP contribution in [0.2, 0.25) is 0 Å². The van der Waals surface area contributed by atoms with E-state index in [1.165, 1.54) is 13.8 Å². The molecule has 42 valence electrons. The predicted molar refractivity (Wildman–Crippen MR) is 23.6 cm³/mol. The Hall–Kier alpha value is 0.622. The number of hydrogen-bond acceptors (Lipinski definition) is 1. The van der Waals surface area contributed by atoms with E-state index >= 15 is 0 Å². The molecule has 0 saturated carbocycles. The molecule has 0 saturated heterocycles. The van der Waals surface area contributed by atoms with Crippen LogP contribution in [-0.4, -0.2) is 5.78 Å². The number of rotatable bonds is 0. The average Bonchev–Trinajstić information content (AvgIpc) is 0.811. The van der Waals surface area contributed by atoms with Crippen molar-refractivity contribution in [3.05, 3.63) is 0 Å². The van der Waals surface area contributed by atoms with Gasteiger partial charge in [0.05, 0.1) is 0 Å². The molecule has 0 unspecified atom stereocenters. The largest absolute Gasteiger partial charge is 0.300 e. The zero-order valence-corrected chi connectivity index (χ0v) is 6.00. The van der Waals surface area contributed by atoms with Crippen molar-refractivity contribution in [1.29, 1.82) is 0 Å². The zero-order valence-electron chi connectivity index (χ0n) is 3.63. The van der Waals surface area contributed by atoms with Crippen LogP contribution in [0, 0.1) is 0 Å². The van der Waals surface area contributed by atoms with E-state index in [1.54, 1.807) is 0 Å². The molecule has 0 aliphatic rings. The van der Waals surface area contributed by atoms with E-state index in [4.69, 9.17) is 0 Å². The molecule has 0 aromatic heterocycles. The molecule has 0 fully saturated rings. The number of halogens is 1. The second-order valence-corrected chi connectivity index (χ2v) is 0.908. The molecule has 0 spiro atoms. The molecular formula is C3H7ClOPd. The summed E-state index contributed by atoms with van der Waals surface area (Å²) in [6.07, 6.45) is 0. The summed E-state index contributed by atoms with van der Waals surface area (Å²) in [4.78, 5) is 9.44. The Morgan fingerprint density at radius 3 is 1.33 bits per heavy atom. The van der Waals surface area contributed by atoms with Crippen LogP contribution in [0.1, 0.15) is 13.8 Å². The summed E-state index contributed by atoms with van der Waals surface area (Å²) in [6.45, 7) is 3.06. The van der Waals surface area contributed by atoms with Crippen LogP contribution in [-0.2, 0) is 25.2 Å². The first kappa shape index (κ1) is 16.0. The number of Topliss-reactive ketones (excluding diaryl/α,β-unsaturated/α-hetero) is 1. The van der Waals surface area contributed by atoms with Crippen LogP contribution >= 0.6 is 12.4 Å². The summed E-state index contributed by atoms with van der Waals surface area (Å²) in [5.41, 5.74) is 0. The van der Waals surface area contributed by atoms with Crippen LogP contribution in [0.15, 0.2) is 0 Å². The first-order valence-electron chi connectivity index (χ1n) is 1.20. The molecule has 0 amide bonds. The van der Waals surface area contributed by atoms with Gasteiger partial charge in [-0.2, -0.15) is 0 Å². The van der Waals surface area contributed by atoms with Gasteiger partial charge in [0.1, 0.15) is 5.78 Å². The van der Waals surface area contributed by atoms with E-state index < -0.39 is 0 Å². The first-order valence-corrected chi connectivity index (χ1v) is 1.20. The molecule has 0 aromatic rings. The SMILES string of the molecule is CC(C)=O.Cl.[Pd]. The molecule has 1 nitrogen and oxygen atoms in total. The Labute approximate surface area is 57.6 Å². The van der Waals surface area contributed by atoms with Crippen molar-refractivity contribution < 1.29 is 25.2 Å². The van der Waals surface area contributed by atoms with Gasteiger partial charge in [-0.15, -0.1) is 12.4 Å². The van der Waals surface area contributed by atoms with Gasteiger partial charge in [-0.3, -0.25) is 0 Å². The average molecular weight is 201 g/mol. The van der Waals surface area contributed by atoms with E-state index in [1.807, 2.05) is 0 Å². The van der Waals surface area contributed by atoms with Crippen molar-refractivity contribution >= 4 is 18.2 Å². The molecule has 0 heterocycles. The van der Waals surface area contributed by atoms with Crippen molar-refractivity contribution in [2.75, 3.05) is 0 Å². The van der Waals surface area contributed by atoms with E-state index in [-0.39, 0.29) is 38.6 Å². The summed E-state index contributed by atoms with van der Waals surface area (Å²) in [6, 6.07) is 0. The van der Waals surface area contributed by atoms with Crippen LogP contribution in [0.5, 0.6) is 0 Å². The van der Waals surface area contributed by atoms with Gasteiger partial charge in [-0.05, 0) is 13.8 Å². The molecule has 0 atom stereocenters. The van der Waals surface area contributed by atoms with Crippen molar-refractivity contribution in [2.24, 2.45) is 0 Å². The molecule has 0 aliphatic carbocycles. The predicted octanol–water partition coefficient (Wildman–Crippen LogP) is 1.01. The third kappa shape index (κ3) is 157. The molecule has 0 aromatic carbocycles. The van der Waals surface area contributed by atoms with E-state index in [9.17, 15) is 4.79 Å². The normalized spacial score (nSPS) is 4.33. The fourth-order valence-corrected chi connectivity index (χ4v) is 0. The van der Waals surface area contributed by atoms with Gasteiger partial charge in [0, 0.05) is 20.4 Å². The smallest absolute Gasteiger partial charge is 0.126 e. The van der Waals surface area contributed by atoms with Crippen LogP contribution in [0.4, 0.5) is 0 Å². The quantitative estimate of drug-likeness (QED) is 0.534. The number of hydrogen-bond donors (Lipinski definition) is 0. The van der Waals surface area contributed by atoms with Crippen LogP contribution in [0.3, 0.4) is 0 Å². The third-order valence-electron chi connectivity index (χ3n) is 0. The Morgan fingerprint density at radius 2 is 1.33 bits per heavy atom. The minimum absolute atomic E-state index is 0. The van der Waals surface area contributed by atoms with Gasteiger partial charge >= 0.3 is 0 Å². The minimum atomic E-state index is 0. The first-order chi connectivity index (χ1) is 1.73. The van der Waals surface area contributed by atoms with Crippen molar-refractivity contribution in [3.8, 4) is 0 Å². The monoisotopic (exact) mass is 200 g/mol. The van der Waals surface area contributed by atoms with E-state index in [0.717, 1.165) is 0 Å². The van der Waals surface area contributed by atoms with Gasteiger partial charge in [0.2, 0.25) is 0 Å². The van der Waals surface area contributed by atoms with Gasteiger partial charge in [0.15, 0.2) is 0 Å². The molecule has 0 aliphatic heterocycles. The number of ketones is 1. The Morgan fingerprint density at radius 1 is 1.33 bits per heavy atom. The molecular weight excluding hydrogens is 194 g/mol. The third-order valence-corrected chi connectivity index (χ3v) is 0. The molecule has 3 heteroatoms. The molecule has 6 heavy (non-hydrogen) atoms. The summed E-state index contributed by atoms with van der Waals surface area (Å²) >= 11 is 0. The maximum Gasteiger partial charge on any atom is 0.126 e. The summed E-state index contributed by atoms with van der Waals surface area (Å²) < 4.78 is 0. The van der Waals surface area contributed by atoms with Gasteiger partial charge in [-0.25, -0.2) is 0 Å². The second kappa shape index (κ2) is 9.16. The fourth-order valence-electron chi connectivity index (χ4n) is 0. The molecule has 0 radical (unpaired) electrons. The van der Waals surface area contributed by atoms with Crippen molar-refractivity contribution in [3.63, 3.8) is 0 Å². The Balaban J connectivity index is -0.0000000450. The standard InChI is InChI=1S/C3H6O.ClH.Pd/c1-3(2)4;;/h1-2H3;1H;. The van der Waals surface area contributed by atoms with E-state index in [2.05, 4.69) is 0 Å². The molecule has 0 bridgehead atoms. The van der Waals surface area contributed by atoms with Crippen molar-refractivity contribution in [1.82, 2.24) is 0 Å². The minimum Gasteiger partial charge on any atom is -0.300 e. The summed E-state index contributed by atoms with van der Waals surface area (Å²) in [7, 11) is 0. The maximum absolute atomic E-state index is 9.44. The molecule has 0 rings (SSSR count). The summed E-state index contributed by atoms with van der Waals surface area (Å²) in [5, 5.41) is 0. The van der Waals surface area contributed by atoms with Crippen LogP contribution < -0.4 is 0 Å². The van der Waals surface area contributed by atoms with Gasteiger partial charge in [0.25, 0.3) is 0 Å². The number of carbonyl (C=O) groups is 1. The topological polar surface area (TPSA) is 17.1 Å². The maximum atomic E-state index is 9.44. The van der Waals surface area contributed by atoms with Gasteiger partial charge in [-0.1, -0.05) is 0 Å². The van der Waals surface area contributed by atoms with E-state index in [0.29, 0.717) is 0 Å². The van der Waals surface area contributed by atoms with Crippen LogP contribution in [0.25, 0.3) is 0 Å². The Bertz CT molecular complexity index is 33.8. The van der Waals surface area contributed by atoms with Gasteiger partial charge < -0.3 is 4.79 Å². The number of carbonyl (C=O) groups excluding carboxylic acids is 1. The Kier molecular flexibility index (Phi) is 24.3.